The minimum atomic E-state index is -0.445. The Morgan fingerprint density at radius 1 is 1.59 bits per heavy atom. The molecule has 0 saturated heterocycles. The zero-order valence-electron chi connectivity index (χ0n) is 10.1. The van der Waals surface area contributed by atoms with Gasteiger partial charge in [-0.1, -0.05) is 6.08 Å². The van der Waals surface area contributed by atoms with Gasteiger partial charge in [0.2, 0.25) is 0 Å². The summed E-state index contributed by atoms with van der Waals surface area (Å²) in [7, 11) is 0. The third-order valence-corrected chi connectivity index (χ3v) is 2.45. The van der Waals surface area contributed by atoms with Gasteiger partial charge in [0.25, 0.3) is 5.91 Å². The van der Waals surface area contributed by atoms with Crippen LogP contribution in [0.2, 0.25) is 0 Å². The van der Waals surface area contributed by atoms with Crippen molar-refractivity contribution in [2.45, 2.75) is 19.9 Å². The molecule has 92 valence electrons. The second kappa shape index (κ2) is 5.48. The predicted octanol–water partition coefficient (Wildman–Crippen LogP) is 2.44. The summed E-state index contributed by atoms with van der Waals surface area (Å²) in [4.78, 5) is 13.8. The van der Waals surface area contributed by atoms with Crippen LogP contribution < -0.4 is 5.73 Å². The molecule has 0 atom stereocenters. The molecule has 0 heterocycles. The summed E-state index contributed by atoms with van der Waals surface area (Å²) in [6.07, 6.45) is 1.65. The van der Waals surface area contributed by atoms with E-state index in [2.05, 4.69) is 6.58 Å². The first-order chi connectivity index (χ1) is 7.97. The van der Waals surface area contributed by atoms with E-state index in [-0.39, 0.29) is 17.6 Å². The van der Waals surface area contributed by atoms with Gasteiger partial charge in [-0.3, -0.25) is 4.79 Å². The van der Waals surface area contributed by atoms with Crippen LogP contribution in [-0.4, -0.2) is 23.4 Å². The molecule has 0 unspecified atom stereocenters. The lowest BCUT2D eigenvalue weighted by Gasteiger charge is -2.25. The largest absolute Gasteiger partial charge is 0.398 e. The number of carbonyl (C=O) groups excluding carboxylic acids is 1. The molecule has 0 spiro atoms. The smallest absolute Gasteiger partial charge is 0.256 e. The van der Waals surface area contributed by atoms with Crippen molar-refractivity contribution in [2.75, 3.05) is 12.3 Å². The van der Waals surface area contributed by atoms with Crippen molar-refractivity contribution in [3.8, 4) is 0 Å². The maximum Gasteiger partial charge on any atom is 0.256 e. The molecule has 3 nitrogen and oxygen atoms in total. The van der Waals surface area contributed by atoms with Crippen molar-refractivity contribution >= 4 is 11.6 Å². The number of rotatable bonds is 4. The Kier molecular flexibility index (Phi) is 4.26. The highest BCUT2D eigenvalue weighted by Crippen LogP contribution is 2.17. The van der Waals surface area contributed by atoms with Crippen molar-refractivity contribution < 1.29 is 9.18 Å². The number of nitrogens with two attached hydrogens (primary N) is 1. The normalized spacial score (nSPS) is 10.4. The quantitative estimate of drug-likeness (QED) is 0.644. The lowest BCUT2D eigenvalue weighted by Crippen LogP contribution is -2.37. The molecule has 2 N–H and O–H groups in total. The second-order valence-corrected chi connectivity index (χ2v) is 4.07. The van der Waals surface area contributed by atoms with Gasteiger partial charge in [0.05, 0.1) is 5.56 Å². The van der Waals surface area contributed by atoms with Crippen LogP contribution in [0, 0.1) is 5.82 Å². The number of amides is 1. The van der Waals surface area contributed by atoms with E-state index in [0.717, 1.165) is 6.07 Å². The van der Waals surface area contributed by atoms with Crippen molar-refractivity contribution in [3.63, 3.8) is 0 Å². The average molecular weight is 236 g/mol. The van der Waals surface area contributed by atoms with Crippen molar-refractivity contribution in [1.29, 1.82) is 0 Å². The van der Waals surface area contributed by atoms with E-state index in [1.807, 2.05) is 13.8 Å². The van der Waals surface area contributed by atoms with Gasteiger partial charge in [0.15, 0.2) is 0 Å². The molecular weight excluding hydrogens is 219 g/mol. The molecule has 1 rings (SSSR count). The Balaban J connectivity index is 3.05. The van der Waals surface area contributed by atoms with Crippen LogP contribution >= 0.6 is 0 Å². The summed E-state index contributed by atoms with van der Waals surface area (Å²) in [6, 6.07) is 3.83. The molecule has 0 fully saturated rings. The fourth-order valence-corrected chi connectivity index (χ4v) is 1.55. The zero-order chi connectivity index (χ0) is 13.0. The summed E-state index contributed by atoms with van der Waals surface area (Å²) in [5.41, 5.74) is 6.12. The summed E-state index contributed by atoms with van der Waals surface area (Å²) >= 11 is 0. The van der Waals surface area contributed by atoms with E-state index in [9.17, 15) is 9.18 Å². The predicted molar refractivity (Wildman–Crippen MR) is 67.2 cm³/mol. The van der Waals surface area contributed by atoms with Crippen LogP contribution in [0.3, 0.4) is 0 Å². The highest BCUT2D eigenvalue weighted by atomic mass is 19.1. The summed E-state index contributed by atoms with van der Waals surface area (Å²) in [5.74, 6) is -0.656. The van der Waals surface area contributed by atoms with Crippen LogP contribution in [0.1, 0.15) is 24.2 Å². The molecule has 0 saturated carbocycles. The number of nitrogens with zero attached hydrogens (tertiary/aromatic N) is 1. The van der Waals surface area contributed by atoms with Crippen molar-refractivity contribution in [2.24, 2.45) is 0 Å². The van der Waals surface area contributed by atoms with E-state index in [0.29, 0.717) is 12.1 Å². The van der Waals surface area contributed by atoms with Gasteiger partial charge in [0.1, 0.15) is 5.82 Å². The zero-order valence-corrected chi connectivity index (χ0v) is 10.1. The maximum absolute atomic E-state index is 12.9. The summed E-state index contributed by atoms with van der Waals surface area (Å²) in [6.45, 7) is 7.86. The van der Waals surface area contributed by atoms with Gasteiger partial charge in [-0.25, -0.2) is 4.39 Å². The number of halogens is 1. The molecule has 1 amide bonds. The first kappa shape index (κ1) is 13.2. The molecule has 0 aliphatic carbocycles. The van der Waals surface area contributed by atoms with Crippen LogP contribution in [0.15, 0.2) is 30.9 Å². The molecule has 4 heteroatoms. The number of nitrogen functional groups attached to an aromatic ring is 1. The SMILES string of the molecule is C=CCN(C(=O)c1ccc(F)cc1N)C(C)C. The summed E-state index contributed by atoms with van der Waals surface area (Å²) in [5, 5.41) is 0. The average Bonchev–Trinajstić information content (AvgIpc) is 2.24. The Morgan fingerprint density at radius 3 is 2.71 bits per heavy atom. The van der Waals surface area contributed by atoms with Crippen LogP contribution in [-0.2, 0) is 0 Å². The minimum Gasteiger partial charge on any atom is -0.398 e. The molecule has 17 heavy (non-hydrogen) atoms. The molecule has 1 aromatic carbocycles. The fraction of sp³-hybridized carbons (Fsp3) is 0.308. The number of carbonyl (C=O) groups is 1. The Bertz CT molecular complexity index is 429. The standard InChI is InChI=1S/C13H17FN2O/c1-4-7-16(9(2)3)13(17)11-6-5-10(14)8-12(11)15/h4-6,8-9H,1,7,15H2,2-3H3. The lowest BCUT2D eigenvalue weighted by molar-refractivity contribution is 0.0730. The fourth-order valence-electron chi connectivity index (χ4n) is 1.55. The van der Waals surface area contributed by atoms with Crippen LogP contribution in [0.4, 0.5) is 10.1 Å². The molecule has 0 radical (unpaired) electrons. The van der Waals surface area contributed by atoms with Gasteiger partial charge in [-0.2, -0.15) is 0 Å². The van der Waals surface area contributed by atoms with Gasteiger partial charge < -0.3 is 10.6 Å². The van der Waals surface area contributed by atoms with Crippen molar-refractivity contribution in [3.05, 3.63) is 42.2 Å². The van der Waals surface area contributed by atoms with Crippen LogP contribution in [0.25, 0.3) is 0 Å². The summed E-state index contributed by atoms with van der Waals surface area (Å²) < 4.78 is 12.9. The highest BCUT2D eigenvalue weighted by molar-refractivity contribution is 5.99. The van der Waals surface area contributed by atoms with E-state index >= 15 is 0 Å². The molecule has 0 aromatic heterocycles. The molecule has 0 aliphatic heterocycles. The first-order valence-corrected chi connectivity index (χ1v) is 5.44. The Morgan fingerprint density at radius 2 is 2.24 bits per heavy atom. The molecule has 0 aliphatic rings. The number of hydrogen-bond donors (Lipinski definition) is 1. The molecular formula is C13H17FN2O. The van der Waals surface area contributed by atoms with Crippen molar-refractivity contribution in [1.82, 2.24) is 4.90 Å². The second-order valence-electron chi connectivity index (χ2n) is 4.07. The molecule has 1 aromatic rings. The monoisotopic (exact) mass is 236 g/mol. The van der Waals surface area contributed by atoms with E-state index < -0.39 is 5.82 Å². The minimum absolute atomic E-state index is 0.0324. The third-order valence-electron chi connectivity index (χ3n) is 2.45. The van der Waals surface area contributed by atoms with Gasteiger partial charge in [-0.05, 0) is 32.0 Å². The number of anilines is 1. The first-order valence-electron chi connectivity index (χ1n) is 5.44. The maximum atomic E-state index is 12.9. The molecule has 0 bridgehead atoms. The number of hydrogen-bond acceptors (Lipinski definition) is 2. The third kappa shape index (κ3) is 3.06. The Hall–Kier alpha value is -1.84. The van der Waals surface area contributed by atoms with Gasteiger partial charge >= 0.3 is 0 Å². The number of benzene rings is 1. The van der Waals surface area contributed by atoms with Gasteiger partial charge in [-0.15, -0.1) is 6.58 Å². The van der Waals surface area contributed by atoms with Gasteiger partial charge in [0, 0.05) is 18.3 Å². The lowest BCUT2D eigenvalue weighted by atomic mass is 10.1. The van der Waals surface area contributed by atoms with Crippen LogP contribution in [0.5, 0.6) is 0 Å². The van der Waals surface area contributed by atoms with E-state index in [1.54, 1.807) is 11.0 Å². The van der Waals surface area contributed by atoms with E-state index in [4.69, 9.17) is 5.73 Å². The Labute approximate surface area is 101 Å². The topological polar surface area (TPSA) is 46.3 Å². The highest BCUT2D eigenvalue weighted by Gasteiger charge is 2.19. The van der Waals surface area contributed by atoms with E-state index in [1.165, 1.54) is 12.1 Å².